The van der Waals surface area contributed by atoms with Gasteiger partial charge in [-0.15, -0.1) is 0 Å². The molecular weight excluding hydrogens is 408 g/mol. The third-order valence-electron chi connectivity index (χ3n) is 6.30. The Bertz CT molecular complexity index is 1220. The number of aromatic amines is 1. The molecule has 0 bridgehead atoms. The fraction of sp³-hybridized carbons (Fsp3) is 0.292. The van der Waals surface area contributed by atoms with Crippen LogP contribution >= 0.6 is 0 Å². The number of para-hydroxylation sites is 2. The largest absolute Gasteiger partial charge is 0.497 e. The van der Waals surface area contributed by atoms with Gasteiger partial charge < -0.3 is 24.7 Å². The van der Waals surface area contributed by atoms with Gasteiger partial charge in [-0.2, -0.15) is 0 Å². The summed E-state index contributed by atoms with van der Waals surface area (Å²) >= 11 is 0. The minimum Gasteiger partial charge on any atom is -0.497 e. The Labute approximate surface area is 185 Å². The van der Waals surface area contributed by atoms with E-state index < -0.39 is 5.54 Å². The van der Waals surface area contributed by atoms with Gasteiger partial charge in [0.15, 0.2) is 5.78 Å². The highest BCUT2D eigenvalue weighted by atomic mass is 16.5. The molecule has 1 aliphatic carbocycles. The SMILES string of the molecule is CNC1=C(c2nc3ccccc3[nH]2)C(=O)C2(CCC(=O)C2)N1c1cc(OC)cc(OC)c1. The van der Waals surface area contributed by atoms with E-state index in [1.165, 1.54) is 0 Å². The van der Waals surface area contributed by atoms with Gasteiger partial charge in [-0.1, -0.05) is 12.1 Å². The molecule has 5 rings (SSSR count). The Morgan fingerprint density at radius 3 is 2.41 bits per heavy atom. The Hall–Kier alpha value is -3.81. The van der Waals surface area contributed by atoms with Crippen LogP contribution < -0.4 is 19.7 Å². The van der Waals surface area contributed by atoms with Crippen LogP contribution in [0.2, 0.25) is 0 Å². The van der Waals surface area contributed by atoms with Crippen molar-refractivity contribution in [1.82, 2.24) is 15.3 Å². The molecular formula is C24H24N4O4. The molecule has 0 saturated heterocycles. The number of aromatic nitrogens is 2. The van der Waals surface area contributed by atoms with E-state index in [4.69, 9.17) is 9.47 Å². The van der Waals surface area contributed by atoms with Crippen LogP contribution in [-0.4, -0.2) is 48.3 Å². The molecule has 1 atom stereocenters. The first-order valence-corrected chi connectivity index (χ1v) is 10.5. The fourth-order valence-corrected chi connectivity index (χ4v) is 4.83. The number of carbonyl (C=O) groups is 2. The molecule has 8 heteroatoms. The molecule has 2 N–H and O–H groups in total. The van der Waals surface area contributed by atoms with Gasteiger partial charge in [-0.05, 0) is 18.6 Å². The second-order valence-electron chi connectivity index (χ2n) is 8.06. The number of carbonyl (C=O) groups excluding carboxylic acids is 2. The van der Waals surface area contributed by atoms with Gasteiger partial charge >= 0.3 is 0 Å². The van der Waals surface area contributed by atoms with Gasteiger partial charge in [-0.3, -0.25) is 9.59 Å². The predicted octanol–water partition coefficient (Wildman–Crippen LogP) is 3.05. The lowest BCUT2D eigenvalue weighted by molar-refractivity contribution is -0.121. The molecule has 0 amide bonds. The standard InChI is InChI=1S/C24H24N4O4/c1-25-23-20(22-26-18-6-4-5-7-19(18)27-22)21(30)24(9-8-15(29)13-24)28(23)14-10-16(31-2)12-17(11-14)32-3/h4-7,10-12,25H,8-9,13H2,1-3H3,(H,26,27). The van der Waals surface area contributed by atoms with Crippen LogP contribution in [0.25, 0.3) is 16.6 Å². The van der Waals surface area contributed by atoms with Crippen molar-refractivity contribution in [2.75, 3.05) is 26.2 Å². The number of nitrogens with one attached hydrogen (secondary N) is 2. The summed E-state index contributed by atoms with van der Waals surface area (Å²) in [6, 6.07) is 13.1. The van der Waals surface area contributed by atoms with Gasteiger partial charge in [0.1, 0.15) is 40.0 Å². The number of nitrogens with zero attached hydrogens (tertiary/aromatic N) is 2. The molecule has 32 heavy (non-hydrogen) atoms. The highest BCUT2D eigenvalue weighted by Crippen LogP contribution is 2.49. The lowest BCUT2D eigenvalue weighted by Crippen LogP contribution is -2.49. The van der Waals surface area contributed by atoms with Crippen LogP contribution in [0.5, 0.6) is 11.5 Å². The number of Topliss-reactive ketones (excluding diaryl/α,β-unsaturated/α-hetero) is 2. The van der Waals surface area contributed by atoms with E-state index in [0.717, 1.165) is 11.0 Å². The number of imidazole rings is 1. The molecule has 1 unspecified atom stereocenters. The first-order valence-electron chi connectivity index (χ1n) is 10.5. The van der Waals surface area contributed by atoms with Gasteiger partial charge in [0.25, 0.3) is 0 Å². The number of H-pyrrole nitrogens is 1. The number of benzene rings is 2. The molecule has 2 heterocycles. The smallest absolute Gasteiger partial charge is 0.196 e. The number of ether oxygens (including phenoxy) is 2. The first kappa shape index (κ1) is 20.1. The van der Waals surface area contributed by atoms with Crippen molar-refractivity contribution >= 4 is 33.9 Å². The number of hydrogen-bond acceptors (Lipinski definition) is 7. The molecule has 0 radical (unpaired) electrons. The monoisotopic (exact) mass is 432 g/mol. The number of anilines is 1. The Kier molecular flexibility index (Phi) is 4.65. The molecule has 2 aromatic carbocycles. The van der Waals surface area contributed by atoms with Crippen molar-refractivity contribution in [2.45, 2.75) is 24.8 Å². The Balaban J connectivity index is 1.75. The van der Waals surface area contributed by atoms with Crippen LogP contribution in [0, 0.1) is 0 Å². The fourth-order valence-electron chi connectivity index (χ4n) is 4.83. The van der Waals surface area contributed by atoms with Crippen molar-refractivity contribution in [3.63, 3.8) is 0 Å². The van der Waals surface area contributed by atoms with Crippen LogP contribution in [0.1, 0.15) is 25.1 Å². The maximum absolute atomic E-state index is 14.0. The number of hydrogen-bond donors (Lipinski definition) is 2. The van der Waals surface area contributed by atoms with Crippen LogP contribution in [0.3, 0.4) is 0 Å². The van der Waals surface area contributed by atoms with E-state index in [1.54, 1.807) is 27.3 Å². The zero-order valence-electron chi connectivity index (χ0n) is 18.2. The number of fused-ring (bicyclic) bond motifs is 1. The summed E-state index contributed by atoms with van der Waals surface area (Å²) in [5, 5.41) is 3.21. The Morgan fingerprint density at radius 1 is 1.09 bits per heavy atom. The van der Waals surface area contributed by atoms with Crippen LogP contribution in [-0.2, 0) is 9.59 Å². The molecule has 8 nitrogen and oxygen atoms in total. The van der Waals surface area contributed by atoms with Crippen molar-refractivity contribution in [2.24, 2.45) is 0 Å². The summed E-state index contributed by atoms with van der Waals surface area (Å²) in [6.45, 7) is 0. The Morgan fingerprint density at radius 2 is 1.81 bits per heavy atom. The molecule has 1 fully saturated rings. The summed E-state index contributed by atoms with van der Waals surface area (Å²) in [5.41, 5.74) is 1.76. The maximum atomic E-state index is 14.0. The van der Waals surface area contributed by atoms with Crippen LogP contribution in [0.4, 0.5) is 5.69 Å². The van der Waals surface area contributed by atoms with Crippen LogP contribution in [0.15, 0.2) is 48.3 Å². The highest BCUT2D eigenvalue weighted by molar-refractivity contribution is 6.31. The van der Waals surface area contributed by atoms with Crippen molar-refractivity contribution in [3.05, 3.63) is 54.1 Å². The lowest BCUT2D eigenvalue weighted by Gasteiger charge is -2.36. The molecule has 1 aliphatic heterocycles. The van der Waals surface area contributed by atoms with Gasteiger partial charge in [-0.25, -0.2) is 4.98 Å². The van der Waals surface area contributed by atoms with Gasteiger partial charge in [0.05, 0.1) is 30.9 Å². The van der Waals surface area contributed by atoms with Crippen molar-refractivity contribution < 1.29 is 19.1 Å². The molecule has 1 spiro atoms. The number of ketones is 2. The third-order valence-corrected chi connectivity index (χ3v) is 6.30. The van der Waals surface area contributed by atoms with E-state index >= 15 is 0 Å². The average molecular weight is 432 g/mol. The topological polar surface area (TPSA) is 96.5 Å². The van der Waals surface area contributed by atoms with Crippen molar-refractivity contribution in [3.8, 4) is 11.5 Å². The summed E-state index contributed by atoms with van der Waals surface area (Å²) < 4.78 is 10.9. The zero-order chi connectivity index (χ0) is 22.5. The molecule has 1 saturated carbocycles. The van der Waals surface area contributed by atoms with E-state index in [0.29, 0.717) is 47.2 Å². The summed E-state index contributed by atoms with van der Waals surface area (Å²) in [5.74, 6) is 2.22. The predicted molar refractivity (Wildman–Crippen MR) is 121 cm³/mol. The highest BCUT2D eigenvalue weighted by Gasteiger charge is 2.57. The second kappa shape index (κ2) is 7.40. The zero-order valence-corrected chi connectivity index (χ0v) is 18.2. The summed E-state index contributed by atoms with van der Waals surface area (Å²) in [6.07, 6.45) is 0.924. The first-order chi connectivity index (χ1) is 15.5. The number of methoxy groups -OCH3 is 2. The normalized spacial score (nSPS) is 20.7. The van der Waals surface area contributed by atoms with E-state index in [1.807, 2.05) is 41.3 Å². The molecule has 3 aromatic rings. The molecule has 2 aliphatic rings. The summed E-state index contributed by atoms with van der Waals surface area (Å²) in [7, 11) is 4.93. The quantitative estimate of drug-likeness (QED) is 0.640. The van der Waals surface area contributed by atoms with E-state index in [2.05, 4.69) is 15.3 Å². The van der Waals surface area contributed by atoms with Gasteiger partial charge in [0, 0.05) is 38.1 Å². The molecule has 164 valence electrons. The number of rotatable bonds is 5. The minimum atomic E-state index is -1.01. The van der Waals surface area contributed by atoms with E-state index in [9.17, 15) is 9.59 Å². The lowest BCUT2D eigenvalue weighted by atomic mass is 9.89. The third kappa shape index (κ3) is 2.86. The molecule has 1 aromatic heterocycles. The van der Waals surface area contributed by atoms with Crippen molar-refractivity contribution in [1.29, 1.82) is 0 Å². The van der Waals surface area contributed by atoms with Gasteiger partial charge in [0.2, 0.25) is 0 Å². The van der Waals surface area contributed by atoms with E-state index in [-0.39, 0.29) is 18.0 Å². The summed E-state index contributed by atoms with van der Waals surface area (Å²) in [4.78, 5) is 36.3. The minimum absolute atomic E-state index is 0.0690. The maximum Gasteiger partial charge on any atom is 0.196 e. The second-order valence-corrected chi connectivity index (χ2v) is 8.06. The average Bonchev–Trinajstić information content (AvgIpc) is 3.47.